The normalized spacial score (nSPS) is 13.3. The highest BCUT2D eigenvalue weighted by atomic mass is 19.1. The summed E-state index contributed by atoms with van der Waals surface area (Å²) >= 11 is 0. The summed E-state index contributed by atoms with van der Waals surface area (Å²) in [7, 11) is 0. The number of fused-ring (bicyclic) bond motifs is 1. The van der Waals surface area contributed by atoms with Gasteiger partial charge in [-0.3, -0.25) is 0 Å². The van der Waals surface area contributed by atoms with E-state index in [1.807, 2.05) is 11.0 Å². The molecule has 0 saturated heterocycles. The molecule has 4 heteroatoms. The molecule has 0 bridgehead atoms. The second-order valence-corrected chi connectivity index (χ2v) is 4.91. The van der Waals surface area contributed by atoms with Gasteiger partial charge in [0.1, 0.15) is 5.82 Å². The molecule has 1 aliphatic heterocycles. The number of rotatable bonds is 3. The van der Waals surface area contributed by atoms with Crippen LogP contribution in [0.1, 0.15) is 21.5 Å². The Labute approximate surface area is 116 Å². The van der Waals surface area contributed by atoms with Gasteiger partial charge in [0.05, 0.1) is 5.56 Å². The van der Waals surface area contributed by atoms with Crippen LogP contribution in [0, 0.1) is 5.82 Å². The van der Waals surface area contributed by atoms with Crippen LogP contribution in [0.3, 0.4) is 0 Å². The summed E-state index contributed by atoms with van der Waals surface area (Å²) in [5.74, 6) is -1.19. The molecule has 1 N–H and O–H groups in total. The lowest BCUT2D eigenvalue weighted by atomic mass is 10.1. The fourth-order valence-corrected chi connectivity index (χ4v) is 2.66. The number of carbonyl (C=O) groups is 1. The van der Waals surface area contributed by atoms with E-state index >= 15 is 0 Å². The van der Waals surface area contributed by atoms with Crippen LogP contribution in [-0.2, 0) is 13.0 Å². The van der Waals surface area contributed by atoms with Crippen molar-refractivity contribution in [3.63, 3.8) is 0 Å². The lowest BCUT2D eigenvalue weighted by Gasteiger charge is -2.20. The van der Waals surface area contributed by atoms with Crippen LogP contribution < -0.4 is 4.90 Å². The van der Waals surface area contributed by atoms with E-state index in [0.717, 1.165) is 29.8 Å². The first-order chi connectivity index (χ1) is 9.65. The first-order valence-electron chi connectivity index (χ1n) is 6.50. The minimum atomic E-state index is -0.931. The minimum absolute atomic E-state index is 0.262. The maximum absolute atomic E-state index is 13.4. The molecule has 1 aliphatic rings. The van der Waals surface area contributed by atoms with Crippen molar-refractivity contribution in [3.05, 3.63) is 65.0 Å². The molecular weight excluding hydrogens is 257 g/mol. The molecule has 1 heterocycles. The molecule has 0 aromatic heterocycles. The standard InChI is InChI=1S/C16H14FNO2/c17-13-6-5-11-7-8-18(15(11)9-13)10-12-3-1-2-4-14(12)16(19)20/h1-6,9H,7-8,10H2,(H,19,20). The first kappa shape index (κ1) is 12.7. The van der Waals surface area contributed by atoms with Crippen molar-refractivity contribution in [3.8, 4) is 0 Å². The highest BCUT2D eigenvalue weighted by molar-refractivity contribution is 5.89. The third kappa shape index (κ3) is 2.25. The van der Waals surface area contributed by atoms with Gasteiger partial charge in [0, 0.05) is 18.8 Å². The van der Waals surface area contributed by atoms with Crippen molar-refractivity contribution >= 4 is 11.7 Å². The third-order valence-corrected chi connectivity index (χ3v) is 3.65. The fraction of sp³-hybridized carbons (Fsp3) is 0.188. The zero-order valence-corrected chi connectivity index (χ0v) is 10.8. The predicted molar refractivity (Wildman–Crippen MR) is 74.6 cm³/mol. The summed E-state index contributed by atoms with van der Waals surface area (Å²) in [6.07, 6.45) is 0.866. The van der Waals surface area contributed by atoms with E-state index in [0.29, 0.717) is 12.1 Å². The Kier molecular flexibility index (Phi) is 3.14. The van der Waals surface area contributed by atoms with Gasteiger partial charge in [-0.1, -0.05) is 24.3 Å². The van der Waals surface area contributed by atoms with E-state index in [9.17, 15) is 14.3 Å². The molecule has 0 atom stereocenters. The highest BCUT2D eigenvalue weighted by Gasteiger charge is 2.21. The number of carboxylic acid groups (broad SMARTS) is 1. The van der Waals surface area contributed by atoms with Crippen molar-refractivity contribution in [2.75, 3.05) is 11.4 Å². The molecule has 0 amide bonds. The van der Waals surface area contributed by atoms with Gasteiger partial charge in [0.2, 0.25) is 0 Å². The zero-order chi connectivity index (χ0) is 14.1. The average molecular weight is 271 g/mol. The Morgan fingerprint density at radius 2 is 2.05 bits per heavy atom. The van der Waals surface area contributed by atoms with Gasteiger partial charge in [0.15, 0.2) is 0 Å². The molecule has 0 saturated carbocycles. The zero-order valence-electron chi connectivity index (χ0n) is 10.8. The van der Waals surface area contributed by atoms with Gasteiger partial charge in [-0.2, -0.15) is 0 Å². The van der Waals surface area contributed by atoms with Crippen LogP contribution in [-0.4, -0.2) is 17.6 Å². The van der Waals surface area contributed by atoms with Gasteiger partial charge in [0.25, 0.3) is 0 Å². The van der Waals surface area contributed by atoms with E-state index in [1.54, 1.807) is 24.3 Å². The molecule has 0 unspecified atom stereocenters. The Hall–Kier alpha value is -2.36. The molecule has 2 aromatic rings. The van der Waals surface area contributed by atoms with Gasteiger partial charge >= 0.3 is 5.97 Å². The maximum Gasteiger partial charge on any atom is 0.336 e. The third-order valence-electron chi connectivity index (χ3n) is 3.65. The Balaban J connectivity index is 1.91. The van der Waals surface area contributed by atoms with Gasteiger partial charge in [-0.15, -0.1) is 0 Å². The summed E-state index contributed by atoms with van der Waals surface area (Å²) < 4.78 is 13.4. The average Bonchev–Trinajstić information content (AvgIpc) is 2.82. The largest absolute Gasteiger partial charge is 0.478 e. The van der Waals surface area contributed by atoms with E-state index in [4.69, 9.17) is 0 Å². The summed E-state index contributed by atoms with van der Waals surface area (Å²) in [5.41, 5.74) is 3.03. The SMILES string of the molecule is O=C(O)c1ccccc1CN1CCc2ccc(F)cc21. The number of hydrogen-bond donors (Lipinski definition) is 1. The van der Waals surface area contributed by atoms with Crippen LogP contribution >= 0.6 is 0 Å². The monoisotopic (exact) mass is 271 g/mol. The molecule has 2 aromatic carbocycles. The number of aromatic carboxylic acids is 1. The van der Waals surface area contributed by atoms with Gasteiger partial charge in [-0.25, -0.2) is 9.18 Å². The predicted octanol–water partition coefficient (Wildman–Crippen LogP) is 3.09. The van der Waals surface area contributed by atoms with E-state index in [1.165, 1.54) is 12.1 Å². The summed E-state index contributed by atoms with van der Waals surface area (Å²) in [6, 6.07) is 11.7. The summed E-state index contributed by atoms with van der Waals surface area (Å²) in [4.78, 5) is 13.2. The Morgan fingerprint density at radius 3 is 2.85 bits per heavy atom. The summed E-state index contributed by atoms with van der Waals surface area (Å²) in [5, 5.41) is 9.20. The first-order valence-corrected chi connectivity index (χ1v) is 6.50. The molecule has 0 fully saturated rings. The lowest BCUT2D eigenvalue weighted by Crippen LogP contribution is -2.21. The quantitative estimate of drug-likeness (QED) is 0.932. The smallest absolute Gasteiger partial charge is 0.336 e. The van der Waals surface area contributed by atoms with Gasteiger partial charge in [-0.05, 0) is 35.7 Å². The van der Waals surface area contributed by atoms with Crippen molar-refractivity contribution in [2.45, 2.75) is 13.0 Å². The van der Waals surface area contributed by atoms with Crippen molar-refractivity contribution in [1.29, 1.82) is 0 Å². The van der Waals surface area contributed by atoms with Crippen LogP contribution in [0.25, 0.3) is 0 Å². The topological polar surface area (TPSA) is 40.5 Å². The number of nitrogens with zero attached hydrogens (tertiary/aromatic N) is 1. The maximum atomic E-state index is 13.4. The lowest BCUT2D eigenvalue weighted by molar-refractivity contribution is 0.0695. The number of halogens is 1. The Morgan fingerprint density at radius 1 is 1.25 bits per heavy atom. The number of benzene rings is 2. The van der Waals surface area contributed by atoms with E-state index in [2.05, 4.69) is 0 Å². The molecule has 102 valence electrons. The van der Waals surface area contributed by atoms with Crippen molar-refractivity contribution < 1.29 is 14.3 Å². The van der Waals surface area contributed by atoms with Crippen molar-refractivity contribution in [1.82, 2.24) is 0 Å². The number of anilines is 1. The van der Waals surface area contributed by atoms with E-state index in [-0.39, 0.29) is 5.82 Å². The molecule has 0 aliphatic carbocycles. The molecule has 20 heavy (non-hydrogen) atoms. The second kappa shape index (κ2) is 4.96. The number of carboxylic acids is 1. The fourth-order valence-electron chi connectivity index (χ4n) is 2.66. The molecule has 0 radical (unpaired) electrons. The highest BCUT2D eigenvalue weighted by Crippen LogP contribution is 2.30. The molecule has 3 nitrogen and oxygen atoms in total. The van der Waals surface area contributed by atoms with E-state index < -0.39 is 5.97 Å². The van der Waals surface area contributed by atoms with Crippen LogP contribution in [0.5, 0.6) is 0 Å². The molecule has 0 spiro atoms. The second-order valence-electron chi connectivity index (χ2n) is 4.91. The van der Waals surface area contributed by atoms with Crippen LogP contribution in [0.2, 0.25) is 0 Å². The van der Waals surface area contributed by atoms with Crippen LogP contribution in [0.15, 0.2) is 42.5 Å². The van der Waals surface area contributed by atoms with Gasteiger partial charge < -0.3 is 10.0 Å². The summed E-state index contributed by atoms with van der Waals surface area (Å²) in [6.45, 7) is 1.27. The van der Waals surface area contributed by atoms with Crippen molar-refractivity contribution in [2.24, 2.45) is 0 Å². The van der Waals surface area contributed by atoms with Crippen LogP contribution in [0.4, 0.5) is 10.1 Å². The molecular formula is C16H14FNO2. The Bertz CT molecular complexity index is 669. The minimum Gasteiger partial charge on any atom is -0.478 e. The number of hydrogen-bond acceptors (Lipinski definition) is 2. The molecule has 3 rings (SSSR count).